The third kappa shape index (κ3) is 4.45. The Labute approximate surface area is 231 Å². The molecule has 1 fully saturated rings. The highest BCUT2D eigenvalue weighted by Crippen LogP contribution is 2.44. The molecule has 1 amide bonds. The number of hydrogen-bond donors (Lipinski definition) is 2. The molecule has 2 aromatic carbocycles. The molecule has 4 heterocycles. The van der Waals surface area contributed by atoms with Crippen LogP contribution < -0.4 is 4.90 Å². The monoisotopic (exact) mass is 555 g/mol. The number of fused-ring (bicyclic) bond motifs is 1. The van der Waals surface area contributed by atoms with E-state index in [2.05, 4.69) is 15.2 Å². The van der Waals surface area contributed by atoms with Crippen molar-refractivity contribution in [1.29, 1.82) is 0 Å². The minimum atomic E-state index is -0.987. The van der Waals surface area contributed by atoms with Crippen LogP contribution in [-0.4, -0.2) is 41.5 Å². The van der Waals surface area contributed by atoms with Crippen molar-refractivity contribution in [2.75, 3.05) is 4.90 Å². The zero-order valence-corrected chi connectivity index (χ0v) is 22.2. The van der Waals surface area contributed by atoms with Gasteiger partial charge in [0.05, 0.1) is 17.3 Å². The Morgan fingerprint density at radius 2 is 1.74 bits per heavy atom. The van der Waals surface area contributed by atoms with Gasteiger partial charge in [0.1, 0.15) is 17.1 Å². The Balaban J connectivity index is 1.45. The Morgan fingerprint density at radius 3 is 2.51 bits per heavy atom. The fourth-order valence-corrected chi connectivity index (χ4v) is 6.43. The van der Waals surface area contributed by atoms with Crippen molar-refractivity contribution in [1.82, 2.24) is 19.6 Å². The summed E-state index contributed by atoms with van der Waals surface area (Å²) in [7, 11) is 0. The van der Waals surface area contributed by atoms with E-state index in [1.165, 1.54) is 40.1 Å². The number of ketones is 1. The summed E-state index contributed by atoms with van der Waals surface area (Å²) < 4.78 is 2.31. The van der Waals surface area contributed by atoms with Crippen LogP contribution in [-0.2, 0) is 15.3 Å². The largest absolute Gasteiger partial charge is 0.508 e. The number of Topliss-reactive ketones (excluding diaryl/α,β-unsaturated/α-hetero) is 1. The van der Waals surface area contributed by atoms with E-state index in [4.69, 9.17) is 0 Å². The summed E-state index contributed by atoms with van der Waals surface area (Å²) in [6.45, 7) is 1.73. The Kier molecular flexibility index (Phi) is 6.37. The fraction of sp³-hybridized carbons (Fsp3) is 0.107. The van der Waals surface area contributed by atoms with Gasteiger partial charge >= 0.3 is 5.91 Å². The number of carbonyl (C=O) groups excluding carboxylic acids is 2. The third-order valence-electron chi connectivity index (χ3n) is 6.39. The number of phenols is 1. The molecular weight excluding hydrogens is 534 g/mol. The summed E-state index contributed by atoms with van der Waals surface area (Å²) in [6, 6.07) is 20.5. The second-order valence-corrected chi connectivity index (χ2v) is 11.0. The van der Waals surface area contributed by atoms with Gasteiger partial charge < -0.3 is 10.2 Å². The highest BCUT2D eigenvalue weighted by Gasteiger charge is 2.48. The van der Waals surface area contributed by atoms with Crippen LogP contribution in [0.5, 0.6) is 5.75 Å². The molecule has 0 bridgehead atoms. The van der Waals surface area contributed by atoms with E-state index in [0.717, 1.165) is 5.56 Å². The molecule has 1 saturated heterocycles. The van der Waals surface area contributed by atoms with Crippen LogP contribution in [0, 0.1) is 6.92 Å². The molecule has 194 valence electrons. The number of anilines is 1. The fourth-order valence-electron chi connectivity index (χ4n) is 4.61. The van der Waals surface area contributed by atoms with Crippen LogP contribution in [0.1, 0.15) is 28.6 Å². The molecule has 1 aliphatic rings. The number of phenolic OH excluding ortho intramolecular Hbond substituents is 1. The lowest BCUT2D eigenvalue weighted by atomic mass is 9.96. The third-order valence-corrected chi connectivity index (χ3v) is 8.52. The highest BCUT2D eigenvalue weighted by atomic mass is 32.2. The molecule has 6 rings (SSSR count). The number of imidazole rings is 1. The smallest absolute Gasteiger partial charge is 0.301 e. The molecule has 39 heavy (non-hydrogen) atoms. The Morgan fingerprint density at radius 1 is 1.00 bits per heavy atom. The molecule has 1 unspecified atom stereocenters. The minimum Gasteiger partial charge on any atom is -0.508 e. The molecule has 5 aromatic rings. The number of aromatic hydroxyl groups is 1. The summed E-state index contributed by atoms with van der Waals surface area (Å²) in [5.74, 6) is -1.30. The number of carbonyl (C=O) groups is 2. The van der Waals surface area contributed by atoms with Gasteiger partial charge in [0.15, 0.2) is 10.1 Å². The van der Waals surface area contributed by atoms with Gasteiger partial charge in [-0.15, -0.1) is 10.2 Å². The second-order valence-electron chi connectivity index (χ2n) is 8.86. The number of aromatic nitrogens is 4. The van der Waals surface area contributed by atoms with E-state index in [0.29, 0.717) is 32.7 Å². The van der Waals surface area contributed by atoms with Crippen molar-refractivity contribution in [3.8, 4) is 5.75 Å². The van der Waals surface area contributed by atoms with Crippen LogP contribution >= 0.6 is 23.1 Å². The predicted molar refractivity (Wildman–Crippen MR) is 149 cm³/mol. The van der Waals surface area contributed by atoms with Gasteiger partial charge in [-0.1, -0.05) is 71.6 Å². The number of aryl methyl sites for hydroxylation is 1. The SMILES string of the molecule is Cc1nc2ccccn2c1/C(O)=C1\C(=O)C(=O)N(c2nnc(SCc3ccccc3)s2)C1c1ccc(O)cc1. The van der Waals surface area contributed by atoms with E-state index < -0.39 is 17.7 Å². The topological polar surface area (TPSA) is 121 Å². The number of hydrogen-bond acceptors (Lipinski definition) is 9. The number of aliphatic hydroxyl groups excluding tert-OH is 1. The van der Waals surface area contributed by atoms with Crippen LogP contribution in [0.25, 0.3) is 11.4 Å². The van der Waals surface area contributed by atoms with Crippen LogP contribution in [0.2, 0.25) is 0 Å². The lowest BCUT2D eigenvalue weighted by Crippen LogP contribution is -2.29. The summed E-state index contributed by atoms with van der Waals surface area (Å²) in [5, 5.41) is 30.2. The number of benzene rings is 2. The van der Waals surface area contributed by atoms with Gasteiger partial charge in [-0.05, 0) is 42.3 Å². The predicted octanol–water partition coefficient (Wildman–Crippen LogP) is 5.12. The second kappa shape index (κ2) is 10.0. The molecule has 11 heteroatoms. The lowest BCUT2D eigenvalue weighted by molar-refractivity contribution is -0.132. The molecule has 0 spiro atoms. The highest BCUT2D eigenvalue weighted by molar-refractivity contribution is 8.00. The molecule has 3 aromatic heterocycles. The van der Waals surface area contributed by atoms with Gasteiger partial charge in [-0.25, -0.2) is 4.98 Å². The number of nitrogens with zero attached hydrogens (tertiary/aromatic N) is 5. The first kappa shape index (κ1) is 24.8. The van der Waals surface area contributed by atoms with E-state index >= 15 is 0 Å². The summed E-state index contributed by atoms with van der Waals surface area (Å²) >= 11 is 2.67. The Hall–Kier alpha value is -4.48. The number of thioether (sulfide) groups is 1. The van der Waals surface area contributed by atoms with Crippen molar-refractivity contribution in [2.24, 2.45) is 0 Å². The molecule has 9 nitrogen and oxygen atoms in total. The van der Waals surface area contributed by atoms with Crippen LogP contribution in [0.15, 0.2) is 88.9 Å². The summed E-state index contributed by atoms with van der Waals surface area (Å²) in [6.07, 6.45) is 1.73. The van der Waals surface area contributed by atoms with Crippen molar-refractivity contribution in [3.05, 3.63) is 107 Å². The quantitative estimate of drug-likeness (QED) is 0.0974. The maximum atomic E-state index is 13.5. The summed E-state index contributed by atoms with van der Waals surface area (Å²) in [4.78, 5) is 32.7. The normalized spacial score (nSPS) is 16.8. The zero-order valence-electron chi connectivity index (χ0n) is 20.6. The lowest BCUT2D eigenvalue weighted by Gasteiger charge is -2.22. The molecular formula is C28H21N5O4S2. The Bertz CT molecular complexity index is 1740. The maximum absolute atomic E-state index is 13.5. The first-order chi connectivity index (χ1) is 18.9. The van der Waals surface area contributed by atoms with E-state index in [9.17, 15) is 19.8 Å². The molecule has 0 aliphatic carbocycles. The first-order valence-electron chi connectivity index (χ1n) is 12.0. The van der Waals surface area contributed by atoms with Crippen molar-refractivity contribution in [2.45, 2.75) is 23.1 Å². The van der Waals surface area contributed by atoms with Gasteiger partial charge in [0.25, 0.3) is 5.78 Å². The van der Waals surface area contributed by atoms with Gasteiger partial charge in [-0.3, -0.25) is 18.9 Å². The van der Waals surface area contributed by atoms with Gasteiger partial charge in [0.2, 0.25) is 5.13 Å². The van der Waals surface area contributed by atoms with Crippen molar-refractivity contribution < 1.29 is 19.8 Å². The van der Waals surface area contributed by atoms with Gasteiger partial charge in [-0.2, -0.15) is 0 Å². The molecule has 2 N–H and O–H groups in total. The number of rotatable bonds is 6. The average molecular weight is 556 g/mol. The van der Waals surface area contributed by atoms with Crippen LogP contribution in [0.4, 0.5) is 5.13 Å². The van der Waals surface area contributed by atoms with Crippen LogP contribution in [0.3, 0.4) is 0 Å². The maximum Gasteiger partial charge on any atom is 0.301 e. The minimum absolute atomic E-state index is 0.0313. The number of aliphatic hydroxyl groups is 1. The zero-order chi connectivity index (χ0) is 27.1. The first-order valence-corrected chi connectivity index (χ1v) is 13.8. The molecule has 0 radical (unpaired) electrons. The number of pyridine rings is 1. The van der Waals surface area contributed by atoms with Crippen molar-refractivity contribution in [3.63, 3.8) is 0 Å². The van der Waals surface area contributed by atoms with Crippen molar-refractivity contribution >= 4 is 51.3 Å². The molecule has 0 saturated carbocycles. The molecule has 1 atom stereocenters. The number of amides is 1. The van der Waals surface area contributed by atoms with E-state index in [1.54, 1.807) is 41.8 Å². The standard InChI is InChI=1S/C28H21N5O4S2/c1-16-22(32-14-6-5-9-20(32)29-16)24(35)21-23(18-10-12-19(34)13-11-18)33(26(37)25(21)36)27-30-31-28(39-27)38-15-17-7-3-2-4-8-17/h2-14,23,34-35H,15H2,1H3/b24-21+. The summed E-state index contributed by atoms with van der Waals surface area (Å²) in [5.41, 5.74) is 2.97. The van der Waals surface area contributed by atoms with E-state index in [1.807, 2.05) is 36.4 Å². The molecule has 1 aliphatic heterocycles. The average Bonchev–Trinajstić information content (AvgIpc) is 3.62. The van der Waals surface area contributed by atoms with Gasteiger partial charge in [0, 0.05) is 11.9 Å². The van der Waals surface area contributed by atoms with E-state index in [-0.39, 0.29) is 22.2 Å².